The quantitative estimate of drug-likeness (QED) is 0.154. The van der Waals surface area contributed by atoms with E-state index in [1.165, 1.54) is 117 Å². The fourth-order valence-electron chi connectivity index (χ4n) is 16.9. The third kappa shape index (κ3) is 8.19. The lowest BCUT2D eigenvalue weighted by Gasteiger charge is -2.65. The predicted molar refractivity (Wildman–Crippen MR) is 371 cm³/mol. The molecule has 0 amide bonds. The van der Waals surface area contributed by atoms with Crippen molar-refractivity contribution < 1.29 is 0 Å². The van der Waals surface area contributed by atoms with E-state index >= 15 is 0 Å². The smallest absolute Gasteiger partial charge is 0.252 e. The van der Waals surface area contributed by atoms with Gasteiger partial charge in [-0.15, -0.1) is 0 Å². The van der Waals surface area contributed by atoms with Crippen LogP contribution in [0.1, 0.15) is 164 Å². The maximum Gasteiger partial charge on any atom is 0.252 e. The second-order valence-corrected chi connectivity index (χ2v) is 31.4. The van der Waals surface area contributed by atoms with Gasteiger partial charge in [0.15, 0.2) is 0 Å². The molecule has 0 N–H and O–H groups in total. The first-order valence-electron chi connectivity index (χ1n) is 32.1. The molecule has 0 saturated heterocycles. The molecule has 5 aliphatic rings. The van der Waals surface area contributed by atoms with Crippen LogP contribution in [0.25, 0.3) is 33.4 Å². The number of anilines is 8. The van der Waals surface area contributed by atoms with Gasteiger partial charge in [-0.2, -0.15) is 0 Å². The predicted octanol–water partition coefficient (Wildman–Crippen LogP) is 20.7. The Bertz CT molecular complexity index is 4190. The number of fused-ring (bicyclic) bond motifs is 8. The summed E-state index contributed by atoms with van der Waals surface area (Å²) in [6.45, 7) is 39.8. The van der Waals surface area contributed by atoms with Gasteiger partial charge < -0.3 is 14.7 Å². The van der Waals surface area contributed by atoms with Gasteiger partial charge in [0.2, 0.25) is 0 Å². The summed E-state index contributed by atoms with van der Waals surface area (Å²) < 4.78 is 0. The molecule has 9 aromatic rings. The Morgan fingerprint density at radius 3 is 1.47 bits per heavy atom. The number of hydrogen-bond acceptors (Lipinski definition) is 3. The van der Waals surface area contributed by atoms with Crippen molar-refractivity contribution in [1.82, 2.24) is 0 Å². The Balaban J connectivity index is 1.17. The molecule has 0 spiro atoms. The molecule has 14 rings (SSSR count). The molecule has 2 atom stereocenters. The van der Waals surface area contributed by atoms with Gasteiger partial charge in [0, 0.05) is 50.8 Å². The first kappa shape index (κ1) is 56.3. The van der Waals surface area contributed by atoms with Crippen LogP contribution in [0, 0.1) is 10.8 Å². The molecule has 4 heteroatoms. The standard InChI is InChI=1S/C82H88BN3/c1-75(2,3)58-36-39-68(62(47-58)55-31-24-19-25-32-55)85-71-52-64-63(77(7,8)41-42-78(64,9)10)51-67(71)83-66-38-35-57(54-29-22-18-23-30-54)46-70(66)84(60-34-26-33-56(45-60)53-27-20-17-21-28-53)72-49-61(50-73(85)74(72)83)86-69-40-37-59(76(4,5)6)48-65(69)81(15)79(11,12)43-44-80(13,14)82(81,86)16/h17-40,45-52H,41-44H2,1-16H3. The Labute approximate surface area is 515 Å². The van der Waals surface area contributed by atoms with E-state index in [1.54, 1.807) is 0 Å². The van der Waals surface area contributed by atoms with E-state index in [0.29, 0.717) is 0 Å². The molecular weight excluding hydrogens is 1040 g/mol. The van der Waals surface area contributed by atoms with E-state index in [0.717, 1.165) is 31.4 Å². The van der Waals surface area contributed by atoms with E-state index in [1.807, 2.05) is 0 Å². The highest BCUT2D eigenvalue weighted by Crippen LogP contribution is 2.72. The maximum absolute atomic E-state index is 2.89. The second kappa shape index (κ2) is 19.0. The molecule has 3 heterocycles. The van der Waals surface area contributed by atoms with E-state index in [2.05, 4.69) is 320 Å². The molecule has 0 bridgehead atoms. The minimum absolute atomic E-state index is 0.0154. The van der Waals surface area contributed by atoms with Crippen LogP contribution in [0.15, 0.2) is 194 Å². The summed E-state index contributed by atoms with van der Waals surface area (Å²) in [7, 11) is 0. The third-order valence-electron chi connectivity index (χ3n) is 22.9. The van der Waals surface area contributed by atoms with E-state index < -0.39 is 0 Å². The molecule has 1 saturated carbocycles. The van der Waals surface area contributed by atoms with Gasteiger partial charge in [-0.1, -0.05) is 243 Å². The summed E-state index contributed by atoms with van der Waals surface area (Å²) in [5.74, 6) is 0. The van der Waals surface area contributed by atoms with E-state index in [-0.39, 0.29) is 50.2 Å². The maximum atomic E-state index is 2.89. The Hall–Kier alpha value is -7.56. The first-order valence-corrected chi connectivity index (χ1v) is 32.1. The summed E-state index contributed by atoms with van der Waals surface area (Å²) in [6, 6.07) is 75.8. The Morgan fingerprint density at radius 2 is 0.860 bits per heavy atom. The minimum atomic E-state index is -0.359. The summed E-state index contributed by atoms with van der Waals surface area (Å²) in [5, 5.41) is 0. The van der Waals surface area contributed by atoms with Gasteiger partial charge in [0.25, 0.3) is 6.71 Å². The van der Waals surface area contributed by atoms with Gasteiger partial charge in [-0.25, -0.2) is 0 Å². The van der Waals surface area contributed by atoms with Crippen molar-refractivity contribution >= 4 is 68.6 Å². The highest BCUT2D eigenvalue weighted by Gasteiger charge is 2.70. The van der Waals surface area contributed by atoms with E-state index in [4.69, 9.17) is 0 Å². The molecule has 9 aromatic carbocycles. The summed E-state index contributed by atoms with van der Waals surface area (Å²) in [5.41, 5.74) is 27.5. The topological polar surface area (TPSA) is 9.72 Å². The van der Waals surface area contributed by atoms with Crippen molar-refractivity contribution in [3.05, 3.63) is 222 Å². The SMILES string of the molecule is CC(C)(C)c1ccc(N2c3cc4c(cc3B3c5ccc(-c6ccccc6)cc5N(c5cccc(-c6ccccc6)c5)c5cc(N6c7ccc(C(C)(C)C)cc7C7(C)C(C)(C)CCC(C)(C)C67C)cc2c53)C(C)(C)CCC4(C)C)c(-c2ccccc2)c1. The van der Waals surface area contributed by atoms with Crippen LogP contribution >= 0.6 is 0 Å². The largest absolute Gasteiger partial charge is 0.334 e. The Kier molecular flexibility index (Phi) is 12.4. The van der Waals surface area contributed by atoms with Crippen molar-refractivity contribution in [2.75, 3.05) is 14.7 Å². The van der Waals surface area contributed by atoms with Crippen LogP contribution in [-0.2, 0) is 27.1 Å². The monoisotopic (exact) mass is 1130 g/mol. The van der Waals surface area contributed by atoms with Crippen molar-refractivity contribution in [2.45, 2.75) is 169 Å². The lowest BCUT2D eigenvalue weighted by atomic mass is 9.33. The lowest BCUT2D eigenvalue weighted by Crippen LogP contribution is -2.69. The van der Waals surface area contributed by atoms with Gasteiger partial charge in [0.1, 0.15) is 0 Å². The summed E-state index contributed by atoms with van der Waals surface area (Å²) in [6.07, 6.45) is 4.54. The molecule has 2 unspecified atom stereocenters. The van der Waals surface area contributed by atoms with Crippen LogP contribution in [0.5, 0.6) is 0 Å². The van der Waals surface area contributed by atoms with Crippen molar-refractivity contribution in [3.63, 3.8) is 0 Å². The van der Waals surface area contributed by atoms with Crippen molar-refractivity contribution in [3.8, 4) is 33.4 Å². The fraction of sp³-hybridized carbons (Fsp3) is 0.341. The summed E-state index contributed by atoms with van der Waals surface area (Å²) >= 11 is 0. The van der Waals surface area contributed by atoms with Gasteiger partial charge in [0.05, 0.1) is 11.2 Å². The normalized spacial score (nSPS) is 21.0. The van der Waals surface area contributed by atoms with Gasteiger partial charge in [-0.05, 0) is 192 Å². The Morgan fingerprint density at radius 1 is 0.349 bits per heavy atom. The van der Waals surface area contributed by atoms with Crippen LogP contribution in [-0.4, -0.2) is 12.3 Å². The molecule has 86 heavy (non-hydrogen) atoms. The highest BCUT2D eigenvalue weighted by atomic mass is 15.3. The average molecular weight is 1130 g/mol. The fourth-order valence-corrected chi connectivity index (χ4v) is 16.9. The van der Waals surface area contributed by atoms with Crippen LogP contribution < -0.4 is 31.1 Å². The number of rotatable bonds is 6. The minimum Gasteiger partial charge on any atom is -0.334 e. The first-order chi connectivity index (χ1) is 40.6. The average Bonchev–Trinajstić information content (AvgIpc) is 1.41. The molecule has 3 nitrogen and oxygen atoms in total. The molecule has 1 fully saturated rings. The lowest BCUT2D eigenvalue weighted by molar-refractivity contribution is -0.0415. The van der Waals surface area contributed by atoms with Crippen LogP contribution in [0.3, 0.4) is 0 Å². The number of benzene rings is 9. The highest BCUT2D eigenvalue weighted by molar-refractivity contribution is 7.00. The van der Waals surface area contributed by atoms with E-state index in [9.17, 15) is 0 Å². The summed E-state index contributed by atoms with van der Waals surface area (Å²) in [4.78, 5) is 8.34. The van der Waals surface area contributed by atoms with Gasteiger partial charge in [-0.3, -0.25) is 0 Å². The number of hydrogen-bond donors (Lipinski definition) is 0. The zero-order valence-corrected chi connectivity index (χ0v) is 54.2. The number of nitrogens with zero attached hydrogens (tertiary/aromatic N) is 3. The molecule has 434 valence electrons. The zero-order valence-electron chi connectivity index (χ0n) is 54.2. The van der Waals surface area contributed by atoms with Crippen molar-refractivity contribution in [2.24, 2.45) is 10.8 Å². The second-order valence-electron chi connectivity index (χ2n) is 31.4. The third-order valence-corrected chi connectivity index (χ3v) is 22.9. The van der Waals surface area contributed by atoms with Gasteiger partial charge >= 0.3 is 0 Å². The molecule has 3 aliphatic heterocycles. The molecule has 0 radical (unpaired) electrons. The molecular formula is C82H88BN3. The zero-order chi connectivity index (χ0) is 60.5. The van der Waals surface area contributed by atoms with Crippen LogP contribution in [0.4, 0.5) is 45.5 Å². The molecule has 2 aliphatic carbocycles. The molecule has 0 aromatic heterocycles. The van der Waals surface area contributed by atoms with Crippen molar-refractivity contribution in [1.29, 1.82) is 0 Å². The van der Waals surface area contributed by atoms with Crippen LogP contribution in [0.2, 0.25) is 0 Å².